The van der Waals surface area contributed by atoms with Crippen LogP contribution in [0.25, 0.3) is 11.3 Å². The Morgan fingerprint density at radius 1 is 1.17 bits per heavy atom. The van der Waals surface area contributed by atoms with Crippen molar-refractivity contribution < 1.29 is 18.3 Å². The van der Waals surface area contributed by atoms with Gasteiger partial charge in [0.1, 0.15) is 10.8 Å². The summed E-state index contributed by atoms with van der Waals surface area (Å²) in [6.07, 6.45) is 6.27. The number of rotatable bonds is 4. The molecule has 0 unspecified atom stereocenters. The third kappa shape index (κ3) is 3.66. The van der Waals surface area contributed by atoms with Gasteiger partial charge in [0.25, 0.3) is 0 Å². The van der Waals surface area contributed by atoms with Gasteiger partial charge in [-0.2, -0.15) is 0 Å². The molecule has 0 bridgehead atoms. The third-order valence-corrected chi connectivity index (χ3v) is 7.03. The van der Waals surface area contributed by atoms with E-state index in [9.17, 15) is 13.6 Å². The average Bonchev–Trinajstić information content (AvgIpc) is 3.12. The summed E-state index contributed by atoms with van der Waals surface area (Å²) in [7, 11) is 0. The standard InChI is InChI=1S/C21H24ClF2N3O2/c22-19-18(13-1-2-16(23)17(24)11-13)26-12-27(19)15-3-7-21(8-4-15,20(25)28)14-5-9-29-10-6-14/h1-2,11-12,14-15H,3-10H2,(H2,25,28). The van der Waals surface area contributed by atoms with E-state index in [1.807, 2.05) is 4.57 Å². The highest BCUT2D eigenvalue weighted by atomic mass is 35.5. The first kappa shape index (κ1) is 20.3. The maximum absolute atomic E-state index is 13.6. The molecule has 2 N–H and O–H groups in total. The normalized spacial score (nSPS) is 25.8. The highest BCUT2D eigenvalue weighted by Gasteiger charge is 2.47. The van der Waals surface area contributed by atoms with Gasteiger partial charge in [-0.3, -0.25) is 4.79 Å². The largest absolute Gasteiger partial charge is 0.381 e. The van der Waals surface area contributed by atoms with Crippen molar-refractivity contribution in [3.8, 4) is 11.3 Å². The molecule has 1 saturated carbocycles. The minimum Gasteiger partial charge on any atom is -0.381 e. The highest BCUT2D eigenvalue weighted by Crippen LogP contribution is 2.49. The molecule has 0 radical (unpaired) electrons. The van der Waals surface area contributed by atoms with Crippen molar-refractivity contribution in [2.24, 2.45) is 17.1 Å². The van der Waals surface area contributed by atoms with Gasteiger partial charge in [0.2, 0.25) is 5.91 Å². The molecular weight excluding hydrogens is 400 g/mol. The van der Waals surface area contributed by atoms with Crippen molar-refractivity contribution >= 4 is 17.5 Å². The number of aromatic nitrogens is 2. The fourth-order valence-corrected chi connectivity index (χ4v) is 5.28. The quantitative estimate of drug-likeness (QED) is 0.787. The van der Waals surface area contributed by atoms with Crippen LogP contribution in [-0.4, -0.2) is 28.7 Å². The van der Waals surface area contributed by atoms with Crippen LogP contribution in [0, 0.1) is 23.0 Å². The van der Waals surface area contributed by atoms with E-state index in [0.29, 0.717) is 42.5 Å². The average molecular weight is 424 g/mol. The predicted octanol–water partition coefficient (Wildman–Crippen LogP) is 4.50. The van der Waals surface area contributed by atoms with Gasteiger partial charge in [0, 0.05) is 24.8 Å². The first-order valence-corrected chi connectivity index (χ1v) is 10.4. The van der Waals surface area contributed by atoms with Crippen LogP contribution in [0.2, 0.25) is 5.15 Å². The summed E-state index contributed by atoms with van der Waals surface area (Å²) in [5, 5.41) is 0.388. The van der Waals surface area contributed by atoms with Crippen molar-refractivity contribution in [1.82, 2.24) is 9.55 Å². The van der Waals surface area contributed by atoms with E-state index in [4.69, 9.17) is 22.1 Å². The number of nitrogens with two attached hydrogens (primary N) is 1. The molecule has 1 aliphatic heterocycles. The lowest BCUT2D eigenvalue weighted by Crippen LogP contribution is -2.47. The number of benzene rings is 1. The molecule has 1 aromatic heterocycles. The Kier molecular flexibility index (Phi) is 5.62. The molecule has 1 aliphatic carbocycles. The van der Waals surface area contributed by atoms with E-state index >= 15 is 0 Å². The first-order chi connectivity index (χ1) is 13.9. The molecule has 1 amide bonds. The lowest BCUT2D eigenvalue weighted by molar-refractivity contribution is -0.137. The highest BCUT2D eigenvalue weighted by molar-refractivity contribution is 6.32. The summed E-state index contributed by atoms with van der Waals surface area (Å²) in [5.41, 5.74) is 6.22. The predicted molar refractivity (Wildman–Crippen MR) is 105 cm³/mol. The van der Waals surface area contributed by atoms with E-state index in [-0.39, 0.29) is 17.9 Å². The zero-order valence-electron chi connectivity index (χ0n) is 16.0. The summed E-state index contributed by atoms with van der Waals surface area (Å²) >= 11 is 6.54. The lowest BCUT2D eigenvalue weighted by Gasteiger charge is -2.45. The molecule has 29 heavy (non-hydrogen) atoms. The number of carbonyl (C=O) groups is 1. The second-order valence-electron chi connectivity index (χ2n) is 8.06. The van der Waals surface area contributed by atoms with Gasteiger partial charge >= 0.3 is 0 Å². The van der Waals surface area contributed by atoms with Crippen LogP contribution in [0.1, 0.15) is 44.6 Å². The number of carbonyl (C=O) groups excluding carboxylic acids is 1. The Hall–Kier alpha value is -1.99. The van der Waals surface area contributed by atoms with Crippen molar-refractivity contribution in [3.63, 3.8) is 0 Å². The van der Waals surface area contributed by atoms with Crippen LogP contribution in [0.5, 0.6) is 0 Å². The van der Waals surface area contributed by atoms with Crippen molar-refractivity contribution in [2.45, 2.75) is 44.6 Å². The van der Waals surface area contributed by atoms with E-state index < -0.39 is 17.0 Å². The number of hydrogen-bond acceptors (Lipinski definition) is 3. The third-order valence-electron chi connectivity index (χ3n) is 6.66. The van der Waals surface area contributed by atoms with Crippen molar-refractivity contribution in [1.29, 1.82) is 0 Å². The summed E-state index contributed by atoms with van der Waals surface area (Å²) in [5.74, 6) is -1.81. The second kappa shape index (κ2) is 8.03. The van der Waals surface area contributed by atoms with E-state index in [2.05, 4.69) is 4.98 Å². The lowest BCUT2D eigenvalue weighted by atomic mass is 9.62. The molecule has 0 atom stereocenters. The Morgan fingerprint density at radius 3 is 2.48 bits per heavy atom. The fourth-order valence-electron chi connectivity index (χ4n) is 4.94. The molecule has 156 valence electrons. The topological polar surface area (TPSA) is 70.1 Å². The van der Waals surface area contributed by atoms with Crippen LogP contribution < -0.4 is 5.73 Å². The van der Waals surface area contributed by atoms with Gasteiger partial charge in [0.15, 0.2) is 11.6 Å². The zero-order valence-corrected chi connectivity index (χ0v) is 16.8. The molecule has 5 nitrogen and oxygen atoms in total. The number of hydrogen-bond donors (Lipinski definition) is 1. The van der Waals surface area contributed by atoms with Crippen LogP contribution in [0.15, 0.2) is 24.5 Å². The number of nitrogens with zero attached hydrogens (tertiary/aromatic N) is 2. The molecule has 4 rings (SSSR count). The number of amides is 1. The molecule has 2 aliphatic rings. The monoisotopic (exact) mass is 423 g/mol. The summed E-state index contributed by atoms with van der Waals surface area (Å²) in [6, 6.07) is 3.70. The molecule has 2 aromatic rings. The minimum atomic E-state index is -0.937. The summed E-state index contributed by atoms with van der Waals surface area (Å²) in [4.78, 5) is 16.7. The van der Waals surface area contributed by atoms with Gasteiger partial charge in [-0.25, -0.2) is 13.8 Å². The second-order valence-corrected chi connectivity index (χ2v) is 8.42. The van der Waals surface area contributed by atoms with E-state index in [0.717, 1.165) is 37.8 Å². The van der Waals surface area contributed by atoms with Gasteiger partial charge in [-0.05, 0) is 62.6 Å². The maximum atomic E-state index is 13.6. The molecule has 0 spiro atoms. The summed E-state index contributed by atoms with van der Waals surface area (Å²) in [6.45, 7) is 1.35. The van der Waals surface area contributed by atoms with E-state index in [1.54, 1.807) is 6.33 Å². The Labute approximate surface area is 173 Å². The number of halogens is 3. The summed E-state index contributed by atoms with van der Waals surface area (Å²) < 4.78 is 34.1. The molecule has 1 saturated heterocycles. The molecular formula is C21H24ClF2N3O2. The number of ether oxygens (including phenoxy) is 1. The SMILES string of the molecule is NC(=O)C1(C2CCOCC2)CCC(n2cnc(-c3ccc(F)c(F)c3)c2Cl)CC1. The molecule has 2 fully saturated rings. The molecule has 1 aromatic carbocycles. The van der Waals surface area contributed by atoms with Gasteiger partial charge < -0.3 is 15.0 Å². The Balaban J connectivity index is 1.53. The Morgan fingerprint density at radius 2 is 1.86 bits per heavy atom. The van der Waals surface area contributed by atoms with Crippen LogP contribution in [0.3, 0.4) is 0 Å². The van der Waals surface area contributed by atoms with Gasteiger partial charge in [0.05, 0.1) is 11.7 Å². The van der Waals surface area contributed by atoms with Crippen LogP contribution in [-0.2, 0) is 9.53 Å². The van der Waals surface area contributed by atoms with Crippen LogP contribution in [0.4, 0.5) is 8.78 Å². The first-order valence-electron chi connectivity index (χ1n) is 9.98. The fraction of sp³-hybridized carbons (Fsp3) is 0.524. The van der Waals surface area contributed by atoms with Crippen LogP contribution >= 0.6 is 11.6 Å². The minimum absolute atomic E-state index is 0.0846. The maximum Gasteiger partial charge on any atom is 0.223 e. The van der Waals surface area contributed by atoms with E-state index in [1.165, 1.54) is 6.07 Å². The zero-order chi connectivity index (χ0) is 20.6. The smallest absolute Gasteiger partial charge is 0.223 e. The molecule has 8 heteroatoms. The van der Waals surface area contributed by atoms with Crippen molar-refractivity contribution in [3.05, 3.63) is 41.3 Å². The van der Waals surface area contributed by atoms with Gasteiger partial charge in [-0.15, -0.1) is 0 Å². The molecule has 2 heterocycles. The van der Waals surface area contributed by atoms with Crippen molar-refractivity contribution in [2.75, 3.05) is 13.2 Å². The van der Waals surface area contributed by atoms with Gasteiger partial charge in [-0.1, -0.05) is 11.6 Å². The number of primary amides is 1. The number of imidazole rings is 1. The Bertz CT molecular complexity index is 903.